The van der Waals surface area contributed by atoms with Crippen LogP contribution < -0.4 is 0 Å². The lowest BCUT2D eigenvalue weighted by molar-refractivity contribution is -0.151. The Hall–Kier alpha value is -1.36. The van der Waals surface area contributed by atoms with Crippen molar-refractivity contribution >= 4 is 5.97 Å². The number of aryl methyl sites for hydroxylation is 1. The van der Waals surface area contributed by atoms with Crippen LogP contribution in [0, 0.1) is 12.3 Å². The third kappa shape index (κ3) is 2.49. The zero-order valence-electron chi connectivity index (χ0n) is 10.3. The molecule has 5 heteroatoms. The van der Waals surface area contributed by atoms with Gasteiger partial charge in [0.2, 0.25) is 0 Å². The molecule has 1 N–H and O–H groups in total. The molecule has 0 bridgehead atoms. The highest BCUT2D eigenvalue weighted by Crippen LogP contribution is 2.30. The standard InChI is InChI=1S/C12H18N2O3/c1-9-10(13-8-17-9)6-14-5-3-4-12(2,7-14)11(15)16/h8H,3-7H2,1-2H3,(H,15,16). The molecule has 0 aliphatic carbocycles. The number of hydrogen-bond donors (Lipinski definition) is 1. The van der Waals surface area contributed by atoms with Crippen LogP contribution in [0.2, 0.25) is 0 Å². The van der Waals surface area contributed by atoms with Gasteiger partial charge in [-0.2, -0.15) is 0 Å². The number of carbonyl (C=O) groups is 1. The largest absolute Gasteiger partial charge is 0.481 e. The molecule has 2 rings (SSSR count). The van der Waals surface area contributed by atoms with Gasteiger partial charge in [-0.1, -0.05) is 0 Å². The molecule has 1 aromatic heterocycles. The summed E-state index contributed by atoms with van der Waals surface area (Å²) in [6.07, 6.45) is 3.10. The van der Waals surface area contributed by atoms with E-state index in [9.17, 15) is 9.90 Å². The topological polar surface area (TPSA) is 66.6 Å². The fourth-order valence-corrected chi connectivity index (χ4v) is 2.35. The summed E-state index contributed by atoms with van der Waals surface area (Å²) in [5.74, 6) is 0.103. The van der Waals surface area contributed by atoms with Crippen molar-refractivity contribution in [2.24, 2.45) is 5.41 Å². The van der Waals surface area contributed by atoms with Crippen molar-refractivity contribution in [1.29, 1.82) is 0 Å². The molecule has 0 radical (unpaired) electrons. The van der Waals surface area contributed by atoms with Crippen LogP contribution in [-0.2, 0) is 11.3 Å². The maximum atomic E-state index is 11.2. The van der Waals surface area contributed by atoms with Crippen molar-refractivity contribution < 1.29 is 14.3 Å². The van der Waals surface area contributed by atoms with E-state index in [0.717, 1.165) is 30.8 Å². The molecule has 1 aromatic rings. The molecule has 0 aromatic carbocycles. The van der Waals surface area contributed by atoms with Gasteiger partial charge < -0.3 is 9.52 Å². The summed E-state index contributed by atoms with van der Waals surface area (Å²) in [4.78, 5) is 17.5. The van der Waals surface area contributed by atoms with E-state index < -0.39 is 11.4 Å². The molecule has 1 atom stereocenters. The van der Waals surface area contributed by atoms with Gasteiger partial charge in [0, 0.05) is 13.1 Å². The van der Waals surface area contributed by atoms with Crippen molar-refractivity contribution in [1.82, 2.24) is 9.88 Å². The van der Waals surface area contributed by atoms with E-state index in [1.54, 1.807) is 0 Å². The molecule has 17 heavy (non-hydrogen) atoms. The minimum absolute atomic E-state index is 0.578. The first-order valence-electron chi connectivity index (χ1n) is 5.86. The lowest BCUT2D eigenvalue weighted by Gasteiger charge is -2.37. The Balaban J connectivity index is 2.03. The maximum absolute atomic E-state index is 11.2. The zero-order valence-corrected chi connectivity index (χ0v) is 10.3. The molecule has 1 aliphatic rings. The molecule has 5 nitrogen and oxygen atoms in total. The molecule has 1 aliphatic heterocycles. The summed E-state index contributed by atoms with van der Waals surface area (Å²) in [5.41, 5.74) is 0.273. The van der Waals surface area contributed by atoms with Crippen molar-refractivity contribution in [2.45, 2.75) is 33.2 Å². The molecule has 0 amide bonds. The fourth-order valence-electron chi connectivity index (χ4n) is 2.35. The lowest BCUT2D eigenvalue weighted by Crippen LogP contribution is -2.45. The third-order valence-electron chi connectivity index (χ3n) is 3.51. The van der Waals surface area contributed by atoms with Gasteiger partial charge in [0.05, 0.1) is 11.1 Å². The van der Waals surface area contributed by atoms with E-state index in [1.165, 1.54) is 6.39 Å². The van der Waals surface area contributed by atoms with Gasteiger partial charge in [-0.25, -0.2) is 4.98 Å². The van der Waals surface area contributed by atoms with E-state index in [4.69, 9.17) is 4.42 Å². The Labute approximate surface area is 100 Å². The number of piperidine rings is 1. The second kappa shape index (κ2) is 4.49. The van der Waals surface area contributed by atoms with E-state index in [0.29, 0.717) is 13.1 Å². The van der Waals surface area contributed by atoms with Crippen LogP contribution in [-0.4, -0.2) is 34.0 Å². The van der Waals surface area contributed by atoms with Crippen LogP contribution in [0.25, 0.3) is 0 Å². The second-order valence-corrected chi connectivity index (χ2v) is 5.04. The lowest BCUT2D eigenvalue weighted by atomic mass is 9.82. The van der Waals surface area contributed by atoms with Gasteiger partial charge in [0.25, 0.3) is 0 Å². The highest BCUT2D eigenvalue weighted by atomic mass is 16.4. The second-order valence-electron chi connectivity index (χ2n) is 5.04. The summed E-state index contributed by atoms with van der Waals surface area (Å²) < 4.78 is 5.15. The van der Waals surface area contributed by atoms with Crippen LogP contribution in [0.4, 0.5) is 0 Å². The number of rotatable bonds is 3. The smallest absolute Gasteiger partial charge is 0.310 e. The molecule has 0 saturated carbocycles. The molecule has 94 valence electrons. The van der Waals surface area contributed by atoms with Crippen LogP contribution >= 0.6 is 0 Å². The summed E-state index contributed by atoms with van der Waals surface area (Å²) in [6.45, 7) is 5.87. The Morgan fingerprint density at radius 2 is 2.47 bits per heavy atom. The molecule has 2 heterocycles. The predicted octanol–water partition coefficient (Wildman–Crippen LogP) is 1.67. The first-order chi connectivity index (χ1) is 8.01. The molecule has 1 fully saturated rings. The number of nitrogens with zero attached hydrogens (tertiary/aromatic N) is 2. The van der Waals surface area contributed by atoms with Crippen LogP contribution in [0.3, 0.4) is 0 Å². The van der Waals surface area contributed by atoms with Crippen molar-refractivity contribution in [3.8, 4) is 0 Å². The fraction of sp³-hybridized carbons (Fsp3) is 0.667. The van der Waals surface area contributed by atoms with E-state index in [2.05, 4.69) is 9.88 Å². The number of carboxylic acids is 1. The Morgan fingerprint density at radius 1 is 1.71 bits per heavy atom. The van der Waals surface area contributed by atoms with Gasteiger partial charge >= 0.3 is 5.97 Å². The Kier molecular flexibility index (Phi) is 3.19. The van der Waals surface area contributed by atoms with E-state index in [1.807, 2.05) is 13.8 Å². The zero-order chi connectivity index (χ0) is 12.5. The highest BCUT2D eigenvalue weighted by Gasteiger charge is 2.37. The number of carboxylic acid groups (broad SMARTS) is 1. The van der Waals surface area contributed by atoms with Crippen molar-refractivity contribution in [2.75, 3.05) is 13.1 Å². The average molecular weight is 238 g/mol. The normalized spacial score (nSPS) is 26.0. The highest BCUT2D eigenvalue weighted by molar-refractivity contribution is 5.74. The number of aliphatic carboxylic acids is 1. The monoisotopic (exact) mass is 238 g/mol. The van der Waals surface area contributed by atoms with Crippen LogP contribution in [0.1, 0.15) is 31.2 Å². The molecular formula is C12H18N2O3. The number of likely N-dealkylation sites (tertiary alicyclic amines) is 1. The van der Waals surface area contributed by atoms with Gasteiger partial charge in [-0.15, -0.1) is 0 Å². The molecule has 1 saturated heterocycles. The van der Waals surface area contributed by atoms with Gasteiger partial charge in [0.1, 0.15) is 5.76 Å². The van der Waals surface area contributed by atoms with Gasteiger partial charge in [-0.3, -0.25) is 9.69 Å². The maximum Gasteiger partial charge on any atom is 0.310 e. The summed E-state index contributed by atoms with van der Waals surface area (Å²) >= 11 is 0. The van der Waals surface area contributed by atoms with E-state index >= 15 is 0 Å². The first-order valence-corrected chi connectivity index (χ1v) is 5.86. The van der Waals surface area contributed by atoms with Crippen LogP contribution in [0.15, 0.2) is 10.8 Å². The average Bonchev–Trinajstić information content (AvgIpc) is 2.64. The Morgan fingerprint density at radius 3 is 3.06 bits per heavy atom. The Bertz CT molecular complexity index is 416. The number of oxazole rings is 1. The van der Waals surface area contributed by atoms with Crippen molar-refractivity contribution in [3.63, 3.8) is 0 Å². The quantitative estimate of drug-likeness (QED) is 0.867. The summed E-state index contributed by atoms with van der Waals surface area (Å²) in [7, 11) is 0. The number of hydrogen-bond acceptors (Lipinski definition) is 4. The summed E-state index contributed by atoms with van der Waals surface area (Å²) in [6, 6.07) is 0. The minimum atomic E-state index is -0.709. The molecular weight excluding hydrogens is 220 g/mol. The predicted molar refractivity (Wildman–Crippen MR) is 61.5 cm³/mol. The van der Waals surface area contributed by atoms with Crippen molar-refractivity contribution in [3.05, 3.63) is 17.8 Å². The van der Waals surface area contributed by atoms with E-state index in [-0.39, 0.29) is 0 Å². The van der Waals surface area contributed by atoms with Gasteiger partial charge in [-0.05, 0) is 33.2 Å². The van der Waals surface area contributed by atoms with Crippen LogP contribution in [0.5, 0.6) is 0 Å². The SMILES string of the molecule is Cc1ocnc1CN1CCCC(C)(C(=O)O)C1. The molecule has 0 spiro atoms. The third-order valence-corrected chi connectivity index (χ3v) is 3.51. The number of aromatic nitrogens is 1. The summed E-state index contributed by atoms with van der Waals surface area (Å²) in [5, 5.41) is 9.24. The van der Waals surface area contributed by atoms with Gasteiger partial charge in [0.15, 0.2) is 6.39 Å². The molecule has 1 unspecified atom stereocenters. The first kappa shape index (κ1) is 12.1. The minimum Gasteiger partial charge on any atom is -0.481 e.